The van der Waals surface area contributed by atoms with Crippen LogP contribution in [0.25, 0.3) is 0 Å². The van der Waals surface area contributed by atoms with Crippen LogP contribution in [0.15, 0.2) is 24.3 Å². The molecule has 4 nitrogen and oxygen atoms in total. The number of aliphatic hydroxyl groups is 1. The summed E-state index contributed by atoms with van der Waals surface area (Å²) < 4.78 is 18.7. The molecule has 1 aromatic rings. The molecule has 1 heterocycles. The fraction of sp³-hybridized carbons (Fsp3) is 0.533. The highest BCUT2D eigenvalue weighted by Gasteiger charge is 2.39. The lowest BCUT2D eigenvalue weighted by Crippen LogP contribution is -2.38. The fourth-order valence-corrected chi connectivity index (χ4v) is 2.39. The molecule has 0 radical (unpaired) electrons. The molecule has 2 rings (SSSR count). The van der Waals surface area contributed by atoms with Crippen LogP contribution in [-0.2, 0) is 4.74 Å². The number of nitrogens with zero attached hydrogens (tertiary/aromatic N) is 1. The van der Waals surface area contributed by atoms with Crippen LogP contribution < -0.4 is 0 Å². The Balaban J connectivity index is 2.23. The summed E-state index contributed by atoms with van der Waals surface area (Å²) in [4.78, 5) is 13.6. The topological polar surface area (TPSA) is 49.8 Å². The fourth-order valence-electron chi connectivity index (χ4n) is 2.39. The van der Waals surface area contributed by atoms with Gasteiger partial charge in [-0.3, -0.25) is 4.90 Å². The summed E-state index contributed by atoms with van der Waals surface area (Å²) in [5.74, 6) is -0.384. The van der Waals surface area contributed by atoms with Gasteiger partial charge in [-0.15, -0.1) is 0 Å². The molecule has 1 aromatic carbocycles. The van der Waals surface area contributed by atoms with E-state index >= 15 is 0 Å². The molecule has 0 unspecified atom stereocenters. The van der Waals surface area contributed by atoms with E-state index in [1.807, 2.05) is 0 Å². The number of carbonyl (C=O) groups is 1. The average Bonchev–Trinajstić information content (AvgIpc) is 2.69. The smallest absolute Gasteiger partial charge is 0.410 e. The van der Waals surface area contributed by atoms with Crippen molar-refractivity contribution in [3.05, 3.63) is 35.6 Å². The number of carbonyl (C=O) groups excluding carboxylic acids is 1. The molecular weight excluding hydrogens is 261 g/mol. The van der Waals surface area contributed by atoms with E-state index in [0.29, 0.717) is 18.5 Å². The Morgan fingerprint density at radius 1 is 1.45 bits per heavy atom. The first-order valence-electron chi connectivity index (χ1n) is 6.71. The summed E-state index contributed by atoms with van der Waals surface area (Å²) in [6.45, 7) is 5.76. The highest BCUT2D eigenvalue weighted by molar-refractivity contribution is 5.69. The third kappa shape index (κ3) is 3.28. The molecule has 1 N–H and O–H groups in total. The summed E-state index contributed by atoms with van der Waals surface area (Å²) in [6, 6.07) is 5.41. The molecule has 0 aromatic heterocycles. The summed E-state index contributed by atoms with van der Waals surface area (Å²) >= 11 is 0. The molecule has 1 saturated heterocycles. The molecule has 0 spiro atoms. The average molecular weight is 281 g/mol. The van der Waals surface area contributed by atoms with Gasteiger partial charge in [0.1, 0.15) is 11.4 Å². The van der Waals surface area contributed by atoms with Crippen LogP contribution in [0.1, 0.15) is 38.8 Å². The lowest BCUT2D eigenvalue weighted by atomic mass is 10.0. The number of hydrogen-bond donors (Lipinski definition) is 1. The maximum atomic E-state index is 13.3. The first-order valence-corrected chi connectivity index (χ1v) is 6.71. The minimum Gasteiger partial charge on any atom is -0.444 e. The highest BCUT2D eigenvalue weighted by atomic mass is 19.1. The van der Waals surface area contributed by atoms with Crippen LogP contribution in [0.4, 0.5) is 9.18 Å². The van der Waals surface area contributed by atoms with E-state index in [1.165, 1.54) is 17.0 Å². The van der Waals surface area contributed by atoms with Gasteiger partial charge in [0.25, 0.3) is 0 Å². The Morgan fingerprint density at radius 3 is 2.75 bits per heavy atom. The van der Waals surface area contributed by atoms with Gasteiger partial charge in [-0.2, -0.15) is 0 Å². The number of benzene rings is 1. The number of hydrogen-bond acceptors (Lipinski definition) is 3. The third-order valence-electron chi connectivity index (χ3n) is 3.18. The molecule has 110 valence electrons. The third-order valence-corrected chi connectivity index (χ3v) is 3.18. The number of rotatable bonds is 1. The van der Waals surface area contributed by atoms with E-state index in [4.69, 9.17) is 4.74 Å². The van der Waals surface area contributed by atoms with Crippen molar-refractivity contribution in [3.63, 3.8) is 0 Å². The largest absolute Gasteiger partial charge is 0.444 e. The Bertz CT molecular complexity index is 498. The van der Waals surface area contributed by atoms with E-state index in [2.05, 4.69) is 0 Å². The van der Waals surface area contributed by atoms with Gasteiger partial charge in [-0.05, 0) is 44.9 Å². The number of amides is 1. The number of likely N-dealkylation sites (tertiary alicyclic amines) is 1. The minimum atomic E-state index is -0.704. The maximum absolute atomic E-state index is 13.3. The van der Waals surface area contributed by atoms with Crippen molar-refractivity contribution in [2.75, 3.05) is 6.54 Å². The molecule has 20 heavy (non-hydrogen) atoms. The molecule has 1 amide bonds. The normalized spacial score (nSPS) is 22.9. The first kappa shape index (κ1) is 14.8. The van der Waals surface area contributed by atoms with Crippen LogP contribution in [0.2, 0.25) is 0 Å². The molecule has 1 fully saturated rings. The number of halogens is 1. The molecule has 5 heteroatoms. The van der Waals surface area contributed by atoms with Crippen molar-refractivity contribution in [1.82, 2.24) is 4.90 Å². The Hall–Kier alpha value is -1.62. The Labute approximate surface area is 118 Å². The molecule has 0 aliphatic carbocycles. The molecule has 0 saturated carbocycles. The number of ether oxygens (including phenoxy) is 1. The van der Waals surface area contributed by atoms with E-state index < -0.39 is 23.8 Å². The quantitative estimate of drug-likeness (QED) is 0.861. The second-order valence-electron chi connectivity index (χ2n) is 6.03. The van der Waals surface area contributed by atoms with Gasteiger partial charge in [0.2, 0.25) is 0 Å². The van der Waals surface area contributed by atoms with Gasteiger partial charge in [0.05, 0.1) is 12.1 Å². The van der Waals surface area contributed by atoms with Gasteiger partial charge in [0, 0.05) is 6.54 Å². The van der Waals surface area contributed by atoms with E-state index in [-0.39, 0.29) is 5.82 Å². The monoisotopic (exact) mass is 281 g/mol. The van der Waals surface area contributed by atoms with Crippen LogP contribution in [-0.4, -0.2) is 34.3 Å². The molecular formula is C15H20FNO3. The van der Waals surface area contributed by atoms with Crippen LogP contribution in [0, 0.1) is 5.82 Å². The predicted octanol–water partition coefficient (Wildman–Crippen LogP) is 2.87. The summed E-state index contributed by atoms with van der Waals surface area (Å²) in [6.07, 6.45) is -0.729. The van der Waals surface area contributed by atoms with Crippen LogP contribution in [0.3, 0.4) is 0 Å². The second-order valence-corrected chi connectivity index (χ2v) is 6.03. The predicted molar refractivity (Wildman–Crippen MR) is 72.7 cm³/mol. The van der Waals surface area contributed by atoms with E-state index in [0.717, 1.165) is 0 Å². The summed E-state index contributed by atoms with van der Waals surface area (Å²) in [5.41, 5.74) is -0.0160. The SMILES string of the molecule is CC(C)(C)OC(=O)N1CC[C@@H](O)[C@H]1c1cccc(F)c1. The zero-order valence-corrected chi connectivity index (χ0v) is 12.0. The van der Waals surface area contributed by atoms with E-state index in [9.17, 15) is 14.3 Å². The highest BCUT2D eigenvalue weighted by Crippen LogP contribution is 2.33. The van der Waals surface area contributed by atoms with Gasteiger partial charge in [0.15, 0.2) is 0 Å². The van der Waals surface area contributed by atoms with Crippen molar-refractivity contribution in [1.29, 1.82) is 0 Å². The van der Waals surface area contributed by atoms with Crippen molar-refractivity contribution >= 4 is 6.09 Å². The molecule has 2 atom stereocenters. The molecule has 0 bridgehead atoms. The van der Waals surface area contributed by atoms with Gasteiger partial charge in [-0.25, -0.2) is 9.18 Å². The van der Waals surface area contributed by atoms with Crippen molar-refractivity contribution in [3.8, 4) is 0 Å². The first-order chi connectivity index (χ1) is 9.28. The standard InChI is InChI=1S/C15H20FNO3/c1-15(2,3)20-14(19)17-8-7-12(18)13(17)10-5-4-6-11(16)9-10/h4-6,9,12-13,18H,7-8H2,1-3H3/t12-,13-/m1/s1. The van der Waals surface area contributed by atoms with Crippen molar-refractivity contribution in [2.24, 2.45) is 0 Å². The van der Waals surface area contributed by atoms with Gasteiger partial charge in [-0.1, -0.05) is 12.1 Å². The second kappa shape index (κ2) is 5.40. The van der Waals surface area contributed by atoms with Crippen LogP contribution >= 0.6 is 0 Å². The molecule has 1 aliphatic rings. The minimum absolute atomic E-state index is 0.384. The zero-order valence-electron chi connectivity index (χ0n) is 12.0. The Morgan fingerprint density at radius 2 is 2.15 bits per heavy atom. The molecule has 1 aliphatic heterocycles. The van der Waals surface area contributed by atoms with Crippen molar-refractivity contribution < 1.29 is 19.0 Å². The van der Waals surface area contributed by atoms with Crippen LogP contribution in [0.5, 0.6) is 0 Å². The van der Waals surface area contributed by atoms with E-state index in [1.54, 1.807) is 32.9 Å². The lowest BCUT2D eigenvalue weighted by molar-refractivity contribution is 0.0151. The van der Waals surface area contributed by atoms with Gasteiger partial charge >= 0.3 is 6.09 Å². The summed E-state index contributed by atoms with van der Waals surface area (Å²) in [5, 5.41) is 10.1. The number of aliphatic hydroxyl groups excluding tert-OH is 1. The Kier molecular flexibility index (Phi) is 3.99. The lowest BCUT2D eigenvalue weighted by Gasteiger charge is -2.29. The summed E-state index contributed by atoms with van der Waals surface area (Å²) in [7, 11) is 0. The maximum Gasteiger partial charge on any atom is 0.410 e. The van der Waals surface area contributed by atoms with Crippen molar-refractivity contribution in [2.45, 2.75) is 44.9 Å². The van der Waals surface area contributed by atoms with Gasteiger partial charge < -0.3 is 9.84 Å². The zero-order chi connectivity index (χ0) is 14.9.